The molecule has 40 heavy (non-hydrogen) atoms. The predicted octanol–water partition coefficient (Wildman–Crippen LogP) is 1.39. The van der Waals surface area contributed by atoms with Crippen molar-refractivity contribution in [3.05, 3.63) is 0 Å². The summed E-state index contributed by atoms with van der Waals surface area (Å²) in [6.45, 7) is 16.9. The molecule has 0 saturated heterocycles. The third kappa shape index (κ3) is 14.4. The molecule has 4 amide bonds. The van der Waals surface area contributed by atoms with E-state index in [-0.39, 0.29) is 60.0 Å². The van der Waals surface area contributed by atoms with Gasteiger partial charge in [0.25, 0.3) is 0 Å². The number of aliphatic hydroxyl groups is 1. The normalized spacial score (nSPS) is 16.6. The van der Waals surface area contributed by atoms with Gasteiger partial charge in [-0.25, -0.2) is 8.42 Å². The highest BCUT2D eigenvalue weighted by Crippen LogP contribution is 2.17. The first-order chi connectivity index (χ1) is 18.3. The van der Waals surface area contributed by atoms with Crippen LogP contribution in [0.5, 0.6) is 0 Å². The van der Waals surface area contributed by atoms with E-state index < -0.39 is 45.9 Å². The van der Waals surface area contributed by atoms with E-state index in [0.717, 1.165) is 6.26 Å². The molecule has 0 radical (unpaired) electrons. The van der Waals surface area contributed by atoms with Crippen LogP contribution < -0.4 is 21.3 Å². The first-order valence-electron chi connectivity index (χ1n) is 14.3. The van der Waals surface area contributed by atoms with Gasteiger partial charge in [-0.2, -0.15) is 0 Å². The zero-order valence-electron chi connectivity index (χ0n) is 26.0. The van der Waals surface area contributed by atoms with Gasteiger partial charge in [-0.05, 0) is 43.9 Å². The van der Waals surface area contributed by atoms with Gasteiger partial charge in [0.2, 0.25) is 23.6 Å². The van der Waals surface area contributed by atoms with Gasteiger partial charge < -0.3 is 26.4 Å². The molecular formula is C28H54N4O7S. The lowest BCUT2D eigenvalue weighted by Gasteiger charge is -2.30. The second kappa shape index (κ2) is 17.6. The quantitative estimate of drug-likeness (QED) is 0.161. The van der Waals surface area contributed by atoms with Gasteiger partial charge in [0.05, 0.1) is 17.9 Å². The van der Waals surface area contributed by atoms with Crippen LogP contribution in [0.25, 0.3) is 0 Å². The van der Waals surface area contributed by atoms with E-state index >= 15 is 0 Å². The number of hydrogen-bond acceptors (Lipinski definition) is 7. The van der Waals surface area contributed by atoms with E-state index in [9.17, 15) is 32.7 Å². The fourth-order valence-electron chi connectivity index (χ4n) is 4.06. The molecule has 11 nitrogen and oxygen atoms in total. The minimum absolute atomic E-state index is 0.0186. The zero-order chi connectivity index (χ0) is 31.4. The van der Waals surface area contributed by atoms with Gasteiger partial charge >= 0.3 is 0 Å². The van der Waals surface area contributed by atoms with E-state index in [4.69, 9.17) is 0 Å². The van der Waals surface area contributed by atoms with Crippen molar-refractivity contribution in [3.8, 4) is 0 Å². The van der Waals surface area contributed by atoms with Crippen molar-refractivity contribution in [2.75, 3.05) is 18.6 Å². The molecule has 0 aromatic carbocycles. The van der Waals surface area contributed by atoms with E-state index in [0.29, 0.717) is 13.0 Å². The number of rotatable bonds is 18. The van der Waals surface area contributed by atoms with Crippen molar-refractivity contribution in [1.82, 2.24) is 21.3 Å². The molecule has 0 aromatic heterocycles. The molecule has 0 aliphatic rings. The molecule has 0 unspecified atom stereocenters. The fourth-order valence-corrected chi connectivity index (χ4v) is 4.72. The number of carbonyl (C=O) groups excluding carboxylic acids is 4. The van der Waals surface area contributed by atoms with Gasteiger partial charge in [0.1, 0.15) is 21.9 Å². The van der Waals surface area contributed by atoms with Gasteiger partial charge in [-0.1, -0.05) is 55.4 Å². The van der Waals surface area contributed by atoms with Crippen LogP contribution in [0.4, 0.5) is 0 Å². The van der Waals surface area contributed by atoms with E-state index in [1.54, 1.807) is 20.8 Å². The Labute approximate surface area is 241 Å². The summed E-state index contributed by atoms with van der Waals surface area (Å²) in [6, 6.07) is -2.56. The van der Waals surface area contributed by atoms with Crippen LogP contribution in [-0.4, -0.2) is 79.9 Å². The highest BCUT2D eigenvalue weighted by Gasteiger charge is 2.32. The van der Waals surface area contributed by atoms with Gasteiger partial charge in [-0.3, -0.25) is 19.2 Å². The molecule has 0 heterocycles. The summed E-state index contributed by atoms with van der Waals surface area (Å²) in [5.41, 5.74) is 0. The lowest BCUT2D eigenvalue weighted by atomic mass is 9.91. The van der Waals surface area contributed by atoms with Gasteiger partial charge in [-0.15, -0.1) is 0 Å². The van der Waals surface area contributed by atoms with Crippen LogP contribution in [-0.2, 0) is 29.0 Å². The number of likely N-dealkylation sites (N-methyl/N-ethyl adjacent to an activating group) is 1. The highest BCUT2D eigenvalue weighted by atomic mass is 32.2. The lowest BCUT2D eigenvalue weighted by Crippen LogP contribution is -2.55. The summed E-state index contributed by atoms with van der Waals surface area (Å²) in [5, 5.41) is 22.0. The Bertz CT molecular complexity index is 937. The van der Waals surface area contributed by atoms with Gasteiger partial charge in [0, 0.05) is 24.6 Å². The minimum Gasteiger partial charge on any atom is -0.391 e. The third-order valence-electron chi connectivity index (χ3n) is 6.98. The van der Waals surface area contributed by atoms with Crippen molar-refractivity contribution >= 4 is 33.5 Å². The Hall–Kier alpha value is -2.21. The van der Waals surface area contributed by atoms with Crippen LogP contribution in [0.15, 0.2) is 0 Å². The van der Waals surface area contributed by atoms with Crippen LogP contribution in [0.2, 0.25) is 0 Å². The molecule has 0 saturated carbocycles. The zero-order valence-corrected chi connectivity index (χ0v) is 26.9. The Kier molecular flexibility index (Phi) is 16.6. The molecule has 0 spiro atoms. The highest BCUT2D eigenvalue weighted by molar-refractivity contribution is 7.90. The van der Waals surface area contributed by atoms with Crippen molar-refractivity contribution in [3.63, 3.8) is 0 Å². The number of aliphatic hydroxyl groups excluding tert-OH is 1. The number of amides is 4. The molecule has 0 fully saturated rings. The van der Waals surface area contributed by atoms with Crippen LogP contribution in [0.1, 0.15) is 81.6 Å². The maximum absolute atomic E-state index is 13.3. The number of nitrogens with one attached hydrogen (secondary N) is 4. The summed E-state index contributed by atoms with van der Waals surface area (Å²) in [5.74, 6) is -3.01. The first-order valence-corrected chi connectivity index (χ1v) is 16.4. The summed E-state index contributed by atoms with van der Waals surface area (Å²) >= 11 is 0. The molecule has 0 aliphatic heterocycles. The summed E-state index contributed by atoms with van der Waals surface area (Å²) < 4.78 is 23.6. The molecule has 234 valence electrons. The number of carbonyl (C=O) groups is 4. The van der Waals surface area contributed by atoms with E-state index in [2.05, 4.69) is 21.3 Å². The average molecular weight is 591 g/mol. The minimum atomic E-state index is -3.39. The predicted molar refractivity (Wildman–Crippen MR) is 157 cm³/mol. The van der Waals surface area contributed by atoms with Crippen molar-refractivity contribution in [1.29, 1.82) is 0 Å². The van der Waals surface area contributed by atoms with E-state index in [1.807, 2.05) is 41.5 Å². The Morgan fingerprint density at radius 3 is 1.77 bits per heavy atom. The first kappa shape index (κ1) is 37.8. The molecule has 12 heteroatoms. The maximum Gasteiger partial charge on any atom is 0.242 e. The molecule has 0 bridgehead atoms. The third-order valence-corrected chi connectivity index (χ3v) is 7.96. The second-order valence-electron chi connectivity index (χ2n) is 12.1. The molecule has 5 N–H and O–H groups in total. The molecule has 0 rings (SSSR count). The Morgan fingerprint density at radius 2 is 1.32 bits per heavy atom. The smallest absolute Gasteiger partial charge is 0.242 e. The van der Waals surface area contributed by atoms with Gasteiger partial charge in [0.15, 0.2) is 0 Å². The summed E-state index contributed by atoms with van der Waals surface area (Å²) in [4.78, 5) is 51.3. The molecule has 0 aromatic rings. The van der Waals surface area contributed by atoms with E-state index in [1.165, 1.54) is 0 Å². The molecular weight excluding hydrogens is 536 g/mol. The molecule has 6 atom stereocenters. The monoisotopic (exact) mass is 590 g/mol. The average Bonchev–Trinajstić information content (AvgIpc) is 2.82. The summed E-state index contributed by atoms with van der Waals surface area (Å²) in [7, 11) is -3.39. The fraction of sp³-hybridized carbons (Fsp3) is 0.857. The van der Waals surface area contributed by atoms with Crippen molar-refractivity contribution in [2.45, 2.75) is 106 Å². The molecule has 0 aliphatic carbocycles. The summed E-state index contributed by atoms with van der Waals surface area (Å²) in [6.07, 6.45) is 0.266. The Morgan fingerprint density at radius 1 is 0.750 bits per heavy atom. The lowest BCUT2D eigenvalue weighted by molar-refractivity contribution is -0.133. The Balaban J connectivity index is 5.68. The van der Waals surface area contributed by atoms with Crippen LogP contribution in [0.3, 0.4) is 0 Å². The number of hydrogen-bond donors (Lipinski definition) is 5. The van der Waals surface area contributed by atoms with Crippen LogP contribution >= 0.6 is 0 Å². The topological polar surface area (TPSA) is 171 Å². The second-order valence-corrected chi connectivity index (χ2v) is 14.3. The SMILES string of the molecule is CCNC(=O)[C@@H](NC(=O)[C@H](C)C[C@H](O)[C@H](CC(C)C)NC(=O)[C@H](CCS(C)(=O)=O)NC(=O)[C@@H](C)C(C)C)C(C)C. The van der Waals surface area contributed by atoms with Crippen LogP contribution in [0, 0.1) is 29.6 Å². The maximum atomic E-state index is 13.3. The largest absolute Gasteiger partial charge is 0.391 e. The standard InChI is InChI=1S/C28H54N4O7S/c1-11-29-28(37)24(18(6)7)32-25(34)19(8)15-23(33)22(14-16(2)3)31-27(36)21(12-13-40(10,38)39)30-26(35)20(9)17(4)5/h16-24,33H,11-15H2,1-10H3,(H,29,37)(H,30,35)(H,31,36)(H,32,34)/t19-,20+,21+,22+,23+,24+/m1/s1. The van der Waals surface area contributed by atoms with Crippen molar-refractivity contribution in [2.24, 2.45) is 29.6 Å². The number of sulfone groups is 1. The van der Waals surface area contributed by atoms with Crippen molar-refractivity contribution < 1.29 is 32.7 Å².